The highest BCUT2D eigenvalue weighted by molar-refractivity contribution is 6.00. The lowest BCUT2D eigenvalue weighted by atomic mass is 9.91. The number of likely N-dealkylation sites (tertiary alicyclic amines) is 1. The SMILES string of the molecule is CC(C)c1ccc(C2c3[nH]c4ccccc4c3Cc3c(O)n(-c4ccccc4C(=O)N4CCC[C@H]4C(=O)O)c(=O)n32)cc1. The molecule has 5 aromatic rings. The maximum Gasteiger partial charge on any atom is 0.336 e. The van der Waals surface area contributed by atoms with Crippen molar-refractivity contribution in [2.75, 3.05) is 6.54 Å². The Kier molecular flexibility index (Phi) is 6.27. The van der Waals surface area contributed by atoms with E-state index in [4.69, 9.17) is 0 Å². The Morgan fingerprint density at radius 2 is 1.70 bits per heavy atom. The third-order valence-corrected chi connectivity index (χ3v) is 8.97. The summed E-state index contributed by atoms with van der Waals surface area (Å²) in [6, 6.07) is 21.3. The van der Waals surface area contributed by atoms with Gasteiger partial charge in [0.2, 0.25) is 5.88 Å². The van der Waals surface area contributed by atoms with Gasteiger partial charge in [-0.15, -0.1) is 0 Å². The molecule has 3 N–H and O–H groups in total. The second kappa shape index (κ2) is 10.0. The van der Waals surface area contributed by atoms with Crippen LogP contribution < -0.4 is 5.69 Å². The molecule has 0 spiro atoms. The van der Waals surface area contributed by atoms with Crippen molar-refractivity contribution >= 4 is 22.8 Å². The number of fused-ring (bicyclic) bond motifs is 4. The number of hydrogen-bond donors (Lipinski definition) is 3. The average Bonchev–Trinajstić information content (AvgIpc) is 3.71. The van der Waals surface area contributed by atoms with Crippen molar-refractivity contribution in [1.29, 1.82) is 0 Å². The lowest BCUT2D eigenvalue weighted by Gasteiger charge is -2.26. The highest BCUT2D eigenvalue weighted by atomic mass is 16.4. The van der Waals surface area contributed by atoms with E-state index in [9.17, 15) is 24.6 Å². The number of carboxylic acids is 1. The molecule has 0 saturated carbocycles. The number of nitrogens with one attached hydrogen (secondary N) is 1. The van der Waals surface area contributed by atoms with Crippen molar-refractivity contribution in [3.63, 3.8) is 0 Å². The van der Waals surface area contributed by atoms with E-state index in [0.29, 0.717) is 37.4 Å². The summed E-state index contributed by atoms with van der Waals surface area (Å²) < 4.78 is 2.81. The number of aliphatic carboxylic acids is 1. The normalized spacial score (nSPS) is 17.8. The number of hydrogen-bond acceptors (Lipinski definition) is 4. The number of aromatic amines is 1. The molecule has 9 nitrogen and oxygen atoms in total. The van der Waals surface area contributed by atoms with Gasteiger partial charge >= 0.3 is 11.7 Å². The zero-order chi connectivity index (χ0) is 30.0. The van der Waals surface area contributed by atoms with Crippen LogP contribution in [0.4, 0.5) is 0 Å². The molecule has 3 aromatic carbocycles. The molecule has 1 saturated heterocycles. The van der Waals surface area contributed by atoms with Gasteiger partial charge in [0, 0.05) is 29.6 Å². The van der Waals surface area contributed by atoms with Gasteiger partial charge in [0.05, 0.1) is 16.9 Å². The molecule has 2 aromatic heterocycles. The molecule has 4 heterocycles. The molecule has 9 heteroatoms. The maximum atomic E-state index is 14.4. The zero-order valence-electron chi connectivity index (χ0n) is 23.9. The first-order chi connectivity index (χ1) is 20.8. The van der Waals surface area contributed by atoms with E-state index in [1.807, 2.05) is 36.4 Å². The summed E-state index contributed by atoms with van der Waals surface area (Å²) in [5.41, 5.74) is 5.27. The van der Waals surface area contributed by atoms with Gasteiger partial charge in [-0.3, -0.25) is 9.36 Å². The Balaban J connectivity index is 1.42. The summed E-state index contributed by atoms with van der Waals surface area (Å²) in [6.45, 7) is 4.57. The molecule has 2 aliphatic rings. The molecule has 2 aliphatic heterocycles. The second-order valence-corrected chi connectivity index (χ2v) is 11.7. The topological polar surface area (TPSA) is 121 Å². The van der Waals surface area contributed by atoms with E-state index in [-0.39, 0.29) is 17.1 Å². The summed E-state index contributed by atoms with van der Waals surface area (Å²) in [4.78, 5) is 44.9. The summed E-state index contributed by atoms with van der Waals surface area (Å²) in [6.07, 6.45) is 1.27. The van der Waals surface area contributed by atoms with Gasteiger partial charge < -0.3 is 20.1 Å². The Morgan fingerprint density at radius 3 is 2.44 bits per heavy atom. The molecular weight excluding hydrogens is 544 g/mol. The van der Waals surface area contributed by atoms with Crippen LogP contribution in [0.1, 0.15) is 77.1 Å². The number of para-hydroxylation sites is 2. The van der Waals surface area contributed by atoms with E-state index in [1.54, 1.807) is 28.8 Å². The monoisotopic (exact) mass is 576 g/mol. The molecule has 0 aliphatic carbocycles. The van der Waals surface area contributed by atoms with Gasteiger partial charge in [-0.25, -0.2) is 14.2 Å². The standard InChI is InChI=1S/C34H32N4O5/c1-19(2)20-13-15-21(16-14-20)30-29-24(22-8-3-5-10-25(22)35-29)18-28-32(40)38(34(43)37(28)30)26-11-6-4-9-23(26)31(39)36-17-7-12-27(36)33(41)42/h3-6,8-11,13-16,19,27,30,35,40H,7,12,17-18H2,1-2H3,(H,41,42)/t27-,30?/m0/s1. The molecule has 0 radical (unpaired) electrons. The number of imidazole rings is 1. The van der Waals surface area contributed by atoms with E-state index >= 15 is 0 Å². The van der Waals surface area contributed by atoms with Crippen LogP contribution in [-0.2, 0) is 11.2 Å². The van der Waals surface area contributed by atoms with Gasteiger partial charge in [0.1, 0.15) is 12.1 Å². The fraction of sp³-hybridized carbons (Fsp3) is 0.265. The minimum absolute atomic E-state index is 0.165. The fourth-order valence-corrected chi connectivity index (χ4v) is 6.79. The number of H-pyrrole nitrogens is 1. The number of carbonyl (C=O) groups excluding carboxylic acids is 1. The number of nitrogens with zero attached hydrogens (tertiary/aromatic N) is 3. The molecular formula is C34H32N4O5. The van der Waals surface area contributed by atoms with Crippen molar-refractivity contribution in [1.82, 2.24) is 19.0 Å². The molecule has 218 valence electrons. The Hall–Kier alpha value is -5.05. The molecule has 1 unspecified atom stereocenters. The van der Waals surface area contributed by atoms with E-state index in [0.717, 1.165) is 27.7 Å². The van der Waals surface area contributed by atoms with Crippen LogP contribution in [0.25, 0.3) is 16.6 Å². The van der Waals surface area contributed by atoms with E-state index in [2.05, 4.69) is 31.0 Å². The lowest BCUT2D eigenvalue weighted by molar-refractivity contribution is -0.141. The smallest absolute Gasteiger partial charge is 0.336 e. The quantitative estimate of drug-likeness (QED) is 0.261. The number of aromatic hydroxyl groups is 1. The van der Waals surface area contributed by atoms with Crippen molar-refractivity contribution in [3.8, 4) is 11.6 Å². The van der Waals surface area contributed by atoms with Gasteiger partial charge in [0.15, 0.2) is 0 Å². The first kappa shape index (κ1) is 26.8. The number of carboxylic acid groups (broad SMARTS) is 1. The van der Waals surface area contributed by atoms with Crippen LogP contribution >= 0.6 is 0 Å². The number of benzene rings is 3. The van der Waals surface area contributed by atoms with E-state index in [1.165, 1.54) is 15.0 Å². The van der Waals surface area contributed by atoms with Crippen LogP contribution in [0, 0.1) is 0 Å². The average molecular weight is 577 g/mol. The second-order valence-electron chi connectivity index (χ2n) is 11.7. The molecule has 43 heavy (non-hydrogen) atoms. The zero-order valence-corrected chi connectivity index (χ0v) is 23.9. The minimum Gasteiger partial charge on any atom is -0.493 e. The minimum atomic E-state index is -1.05. The van der Waals surface area contributed by atoms with Crippen LogP contribution in [0.2, 0.25) is 0 Å². The van der Waals surface area contributed by atoms with Crippen LogP contribution in [0.3, 0.4) is 0 Å². The van der Waals surface area contributed by atoms with Crippen LogP contribution in [-0.4, -0.2) is 53.7 Å². The van der Waals surface area contributed by atoms with Crippen molar-refractivity contribution in [3.05, 3.63) is 117 Å². The summed E-state index contributed by atoms with van der Waals surface area (Å²) in [5.74, 6) is -1.42. The molecule has 0 bridgehead atoms. The summed E-state index contributed by atoms with van der Waals surface area (Å²) >= 11 is 0. The number of rotatable bonds is 5. The first-order valence-electron chi connectivity index (χ1n) is 14.6. The highest BCUT2D eigenvalue weighted by Gasteiger charge is 2.38. The highest BCUT2D eigenvalue weighted by Crippen LogP contribution is 2.42. The van der Waals surface area contributed by atoms with Crippen molar-refractivity contribution < 1.29 is 19.8 Å². The molecule has 2 atom stereocenters. The van der Waals surface area contributed by atoms with Crippen LogP contribution in [0.5, 0.6) is 5.88 Å². The van der Waals surface area contributed by atoms with E-state index < -0.39 is 29.6 Å². The maximum absolute atomic E-state index is 14.4. The number of aromatic nitrogens is 3. The molecule has 7 rings (SSSR count). The molecule has 1 fully saturated rings. The van der Waals surface area contributed by atoms with Crippen molar-refractivity contribution in [2.24, 2.45) is 0 Å². The summed E-state index contributed by atoms with van der Waals surface area (Å²) in [7, 11) is 0. The molecule has 1 amide bonds. The third-order valence-electron chi connectivity index (χ3n) is 8.97. The Morgan fingerprint density at radius 1 is 0.977 bits per heavy atom. The predicted octanol–water partition coefficient (Wildman–Crippen LogP) is 5.18. The third kappa shape index (κ3) is 4.10. The largest absolute Gasteiger partial charge is 0.493 e. The Labute approximate surface area is 247 Å². The predicted molar refractivity (Wildman–Crippen MR) is 162 cm³/mol. The number of carbonyl (C=O) groups is 2. The van der Waals surface area contributed by atoms with Gasteiger partial charge in [-0.2, -0.15) is 0 Å². The number of amides is 1. The van der Waals surface area contributed by atoms with Crippen LogP contribution in [0.15, 0.2) is 77.6 Å². The Bertz CT molecular complexity index is 1960. The fourth-order valence-electron chi connectivity index (χ4n) is 6.79. The van der Waals surface area contributed by atoms with Gasteiger partial charge in [-0.05, 0) is 53.6 Å². The van der Waals surface area contributed by atoms with Gasteiger partial charge in [-0.1, -0.05) is 68.4 Å². The summed E-state index contributed by atoms with van der Waals surface area (Å²) in [5, 5.41) is 22.5. The lowest BCUT2D eigenvalue weighted by Crippen LogP contribution is -2.41. The van der Waals surface area contributed by atoms with Gasteiger partial charge in [0.25, 0.3) is 5.91 Å². The first-order valence-corrected chi connectivity index (χ1v) is 14.6. The van der Waals surface area contributed by atoms with Crippen molar-refractivity contribution in [2.45, 2.75) is 51.1 Å².